The lowest BCUT2D eigenvalue weighted by molar-refractivity contribution is -0.127. The Morgan fingerprint density at radius 3 is 2.38 bits per heavy atom. The number of carbonyl (C=O) groups excluding carboxylic acids is 2. The molecule has 2 amide bonds. The lowest BCUT2D eigenvalue weighted by Gasteiger charge is -2.34. The van der Waals surface area contributed by atoms with Gasteiger partial charge in [0.25, 0.3) is 5.91 Å². The smallest absolute Gasteiger partial charge is 0.273 e. The average Bonchev–Trinajstić information content (AvgIpc) is 3.11. The van der Waals surface area contributed by atoms with Crippen LogP contribution in [0.4, 0.5) is 0 Å². The molecule has 4 N–H and O–H groups in total. The van der Waals surface area contributed by atoms with E-state index in [0.29, 0.717) is 12.2 Å². The summed E-state index contributed by atoms with van der Waals surface area (Å²) in [4.78, 5) is 26.2. The number of para-hydroxylation sites is 1. The molecule has 32 heavy (non-hydrogen) atoms. The summed E-state index contributed by atoms with van der Waals surface area (Å²) in [5, 5.41) is 11.4. The molecule has 1 atom stereocenters. The van der Waals surface area contributed by atoms with E-state index >= 15 is 0 Å². The number of aromatic nitrogens is 2. The van der Waals surface area contributed by atoms with Gasteiger partial charge in [-0.15, -0.1) is 6.58 Å². The summed E-state index contributed by atoms with van der Waals surface area (Å²) in [6.45, 7) is 16.3. The van der Waals surface area contributed by atoms with Crippen molar-refractivity contribution in [2.24, 2.45) is 11.1 Å². The molecule has 0 fully saturated rings. The molecule has 0 spiro atoms. The molecule has 7 heteroatoms. The van der Waals surface area contributed by atoms with Crippen LogP contribution in [0.5, 0.6) is 0 Å². The van der Waals surface area contributed by atoms with Crippen molar-refractivity contribution in [3.05, 3.63) is 42.6 Å². The number of hydrogen-bond donors (Lipinski definition) is 3. The van der Waals surface area contributed by atoms with Crippen molar-refractivity contribution in [1.82, 2.24) is 20.4 Å². The Balaban J connectivity index is 0.00000249. The number of aryl methyl sites for hydroxylation is 1. The van der Waals surface area contributed by atoms with E-state index < -0.39 is 11.5 Å². The summed E-state index contributed by atoms with van der Waals surface area (Å²) in [6.07, 6.45) is 4.46. The highest BCUT2D eigenvalue weighted by molar-refractivity contribution is 6.06. The number of nitrogens with zero attached hydrogens (tertiary/aromatic N) is 2. The third-order valence-corrected chi connectivity index (χ3v) is 5.40. The van der Waals surface area contributed by atoms with E-state index in [2.05, 4.69) is 28.0 Å². The van der Waals surface area contributed by atoms with Crippen molar-refractivity contribution in [1.29, 1.82) is 0 Å². The first kappa shape index (κ1) is 27.4. The molecule has 0 saturated heterocycles. The van der Waals surface area contributed by atoms with E-state index in [0.717, 1.165) is 30.2 Å². The highest BCUT2D eigenvalue weighted by Crippen LogP contribution is 2.23. The van der Waals surface area contributed by atoms with Gasteiger partial charge in [-0.05, 0) is 51.6 Å². The average molecular weight is 444 g/mol. The van der Waals surface area contributed by atoms with Crippen molar-refractivity contribution >= 4 is 22.7 Å². The molecule has 0 radical (unpaired) electrons. The maximum atomic E-state index is 13.2. The fraction of sp³-hybridized carbons (Fsp3) is 0.560. The number of nitrogens with one attached hydrogen (secondary N) is 2. The van der Waals surface area contributed by atoms with Crippen LogP contribution in [0.25, 0.3) is 10.9 Å². The van der Waals surface area contributed by atoms with Crippen molar-refractivity contribution in [3.63, 3.8) is 0 Å². The Morgan fingerprint density at radius 2 is 1.81 bits per heavy atom. The van der Waals surface area contributed by atoms with Crippen LogP contribution in [0.3, 0.4) is 0 Å². The van der Waals surface area contributed by atoms with Gasteiger partial charge in [0.15, 0.2) is 5.69 Å². The van der Waals surface area contributed by atoms with E-state index in [1.54, 1.807) is 0 Å². The number of hydrogen-bond acceptors (Lipinski definition) is 4. The summed E-state index contributed by atoms with van der Waals surface area (Å²) >= 11 is 0. The van der Waals surface area contributed by atoms with Crippen molar-refractivity contribution in [3.8, 4) is 0 Å². The molecule has 1 heterocycles. The first-order valence-electron chi connectivity index (χ1n) is 11.3. The van der Waals surface area contributed by atoms with Crippen LogP contribution >= 0.6 is 0 Å². The Bertz CT molecular complexity index is 909. The third-order valence-electron chi connectivity index (χ3n) is 5.40. The summed E-state index contributed by atoms with van der Waals surface area (Å²) < 4.78 is 1.86. The van der Waals surface area contributed by atoms with E-state index in [9.17, 15) is 9.59 Å². The van der Waals surface area contributed by atoms with E-state index in [-0.39, 0.29) is 17.4 Å². The molecule has 1 unspecified atom stereocenters. The van der Waals surface area contributed by atoms with Gasteiger partial charge in [0.05, 0.1) is 5.52 Å². The summed E-state index contributed by atoms with van der Waals surface area (Å²) in [7, 11) is 1.50. The molecule has 0 bridgehead atoms. The molecule has 2 aromatic rings. The number of carbonyl (C=O) groups is 2. The Hall–Kier alpha value is -2.67. The Morgan fingerprint density at radius 1 is 1.19 bits per heavy atom. The number of rotatable bonds is 9. The fourth-order valence-electron chi connectivity index (χ4n) is 3.22. The number of fused-ring (bicyclic) bond motifs is 1. The topological polar surface area (TPSA) is 102 Å². The van der Waals surface area contributed by atoms with Gasteiger partial charge in [-0.3, -0.25) is 14.3 Å². The summed E-state index contributed by atoms with van der Waals surface area (Å²) in [6, 6.07) is 7.01. The number of unbranched alkanes of at least 4 members (excludes halogenated alkanes) is 1. The zero-order chi connectivity index (χ0) is 24.5. The summed E-state index contributed by atoms with van der Waals surface area (Å²) in [5.41, 5.74) is 4.97. The van der Waals surface area contributed by atoms with Gasteiger partial charge in [-0.1, -0.05) is 52.0 Å². The molecular weight excluding hydrogens is 402 g/mol. The van der Waals surface area contributed by atoms with E-state index in [1.165, 1.54) is 7.05 Å². The molecule has 1 aromatic carbocycles. The van der Waals surface area contributed by atoms with Crippen LogP contribution in [-0.4, -0.2) is 40.2 Å². The largest absolute Gasteiger partial charge is 0.349 e. The standard InChI is InChI=1S/C24H36N4O2.CH5N/c1-8-10-13-16-28-18-15-12-11-14-17(18)19(27-28)21(29)25-20(23(3,4)5)22(30)26-24(6,7)9-2;1-2/h8,11-12,14-15,20H,1,9-10,13,16H2,2-7H3,(H,25,29)(H,26,30);2H2,1H3. The lowest BCUT2D eigenvalue weighted by atomic mass is 9.85. The maximum Gasteiger partial charge on any atom is 0.273 e. The van der Waals surface area contributed by atoms with E-state index in [1.807, 2.05) is 76.6 Å². The van der Waals surface area contributed by atoms with Crippen LogP contribution in [0, 0.1) is 5.41 Å². The zero-order valence-corrected chi connectivity index (χ0v) is 20.8. The van der Waals surface area contributed by atoms with Gasteiger partial charge in [-0.25, -0.2) is 0 Å². The summed E-state index contributed by atoms with van der Waals surface area (Å²) in [5.74, 6) is -0.518. The zero-order valence-electron chi connectivity index (χ0n) is 20.8. The number of benzene rings is 1. The highest BCUT2D eigenvalue weighted by Gasteiger charge is 2.36. The van der Waals surface area contributed by atoms with Crippen LogP contribution in [0.15, 0.2) is 36.9 Å². The second kappa shape index (κ2) is 11.8. The Labute approximate surface area is 192 Å². The van der Waals surface area contributed by atoms with Crippen LogP contribution in [0.2, 0.25) is 0 Å². The minimum Gasteiger partial charge on any atom is -0.349 e. The van der Waals surface area contributed by atoms with E-state index in [4.69, 9.17) is 0 Å². The van der Waals surface area contributed by atoms with Gasteiger partial charge in [0, 0.05) is 17.5 Å². The van der Waals surface area contributed by atoms with Gasteiger partial charge < -0.3 is 16.4 Å². The van der Waals surface area contributed by atoms with Gasteiger partial charge in [0.1, 0.15) is 6.04 Å². The molecule has 0 aliphatic carbocycles. The fourth-order valence-corrected chi connectivity index (χ4v) is 3.22. The van der Waals surface area contributed by atoms with Gasteiger partial charge in [-0.2, -0.15) is 5.10 Å². The second-order valence-electron chi connectivity index (χ2n) is 9.52. The third kappa shape index (κ3) is 7.19. The first-order chi connectivity index (χ1) is 15.0. The van der Waals surface area contributed by atoms with Crippen molar-refractivity contribution < 1.29 is 9.59 Å². The SMILES string of the molecule is C=CCCCn1nc(C(=O)NC(C(=O)NC(C)(C)CC)C(C)(C)C)c2ccccc21.CN. The monoisotopic (exact) mass is 443 g/mol. The van der Waals surface area contributed by atoms with Crippen molar-refractivity contribution in [2.45, 2.75) is 78.9 Å². The molecule has 178 valence electrons. The highest BCUT2D eigenvalue weighted by atomic mass is 16.2. The minimum atomic E-state index is -0.680. The van der Waals surface area contributed by atoms with Gasteiger partial charge >= 0.3 is 0 Å². The molecule has 2 rings (SSSR count). The van der Waals surface area contributed by atoms with Crippen LogP contribution < -0.4 is 16.4 Å². The normalized spacial score (nSPS) is 12.5. The quantitative estimate of drug-likeness (QED) is 0.402. The second-order valence-corrected chi connectivity index (χ2v) is 9.52. The Kier molecular flexibility index (Phi) is 10.1. The molecule has 1 aromatic heterocycles. The van der Waals surface area contributed by atoms with Gasteiger partial charge in [0.2, 0.25) is 5.91 Å². The minimum absolute atomic E-state index is 0.183. The lowest BCUT2D eigenvalue weighted by Crippen LogP contribution is -2.57. The molecule has 0 aliphatic rings. The van der Waals surface area contributed by atoms with Crippen molar-refractivity contribution in [2.75, 3.05) is 7.05 Å². The number of nitrogens with two attached hydrogens (primary N) is 1. The van der Waals surface area contributed by atoms with Crippen LogP contribution in [0.1, 0.15) is 71.3 Å². The van der Waals surface area contributed by atoms with Crippen LogP contribution in [-0.2, 0) is 11.3 Å². The number of amides is 2. The molecular formula is C25H41N5O2. The molecule has 0 aliphatic heterocycles. The maximum absolute atomic E-state index is 13.2. The number of allylic oxidation sites excluding steroid dienone is 1. The molecule has 0 saturated carbocycles. The predicted octanol–water partition coefficient (Wildman–Crippen LogP) is 4.03. The molecule has 7 nitrogen and oxygen atoms in total. The first-order valence-corrected chi connectivity index (χ1v) is 11.3. The predicted molar refractivity (Wildman–Crippen MR) is 132 cm³/mol.